The molecular formula is C22H30N2O2. The molecule has 1 aliphatic heterocycles. The largest absolute Gasteiger partial charge is 0.353 e. The Morgan fingerprint density at radius 2 is 1.58 bits per heavy atom. The second-order valence-electron chi connectivity index (χ2n) is 8.36. The van der Waals surface area contributed by atoms with E-state index in [1.54, 1.807) is 0 Å². The van der Waals surface area contributed by atoms with Crippen molar-refractivity contribution >= 4 is 11.8 Å². The fourth-order valence-corrected chi connectivity index (χ4v) is 4.72. The van der Waals surface area contributed by atoms with Crippen molar-refractivity contribution in [3.05, 3.63) is 35.9 Å². The lowest BCUT2D eigenvalue weighted by Crippen LogP contribution is -2.50. The standard InChI is InChI=1S/C22H30N2O2/c25-20(17-7-3-1-4-8-17)23-19-11-15-24(16-12-19)21(26)22(13-14-22)18-9-5-2-6-10-18/h2,5-6,9-10,17,19H,1,3-4,7-8,11-16H2,(H,23,25). The van der Waals surface area contributed by atoms with E-state index in [9.17, 15) is 9.59 Å². The maximum atomic E-state index is 13.1. The molecule has 1 saturated heterocycles. The lowest BCUT2D eigenvalue weighted by Gasteiger charge is -2.35. The molecule has 0 unspecified atom stereocenters. The van der Waals surface area contributed by atoms with Crippen LogP contribution in [-0.2, 0) is 15.0 Å². The number of carbonyl (C=O) groups is 2. The molecule has 0 atom stereocenters. The summed E-state index contributed by atoms with van der Waals surface area (Å²) in [7, 11) is 0. The average Bonchev–Trinajstić information content (AvgIpc) is 3.51. The summed E-state index contributed by atoms with van der Waals surface area (Å²) in [5.41, 5.74) is 0.900. The fourth-order valence-electron chi connectivity index (χ4n) is 4.72. The normalized spacial score (nSPS) is 23.5. The first-order valence-electron chi connectivity index (χ1n) is 10.3. The van der Waals surface area contributed by atoms with Crippen LogP contribution in [0.4, 0.5) is 0 Å². The molecule has 1 aromatic carbocycles. The maximum Gasteiger partial charge on any atom is 0.233 e. The van der Waals surface area contributed by atoms with Crippen molar-refractivity contribution in [2.75, 3.05) is 13.1 Å². The monoisotopic (exact) mass is 354 g/mol. The van der Waals surface area contributed by atoms with Crippen LogP contribution in [0.5, 0.6) is 0 Å². The van der Waals surface area contributed by atoms with Crippen LogP contribution < -0.4 is 5.32 Å². The van der Waals surface area contributed by atoms with Crippen molar-refractivity contribution < 1.29 is 9.59 Å². The zero-order valence-corrected chi connectivity index (χ0v) is 15.6. The minimum atomic E-state index is -0.264. The van der Waals surface area contributed by atoms with Crippen molar-refractivity contribution in [1.29, 1.82) is 0 Å². The molecule has 4 rings (SSSR count). The number of benzene rings is 1. The molecule has 0 bridgehead atoms. The molecule has 26 heavy (non-hydrogen) atoms. The highest BCUT2D eigenvalue weighted by Crippen LogP contribution is 2.49. The van der Waals surface area contributed by atoms with Crippen LogP contribution in [0.25, 0.3) is 0 Å². The number of amides is 2. The summed E-state index contributed by atoms with van der Waals surface area (Å²) in [6.45, 7) is 1.53. The minimum absolute atomic E-state index is 0.219. The van der Waals surface area contributed by atoms with E-state index < -0.39 is 0 Å². The Kier molecular flexibility index (Phi) is 5.01. The number of nitrogens with zero attached hydrogens (tertiary/aromatic N) is 1. The van der Waals surface area contributed by atoms with E-state index in [4.69, 9.17) is 0 Å². The molecule has 4 heteroatoms. The first kappa shape index (κ1) is 17.6. The molecule has 140 valence electrons. The maximum absolute atomic E-state index is 13.1. The van der Waals surface area contributed by atoms with Gasteiger partial charge in [-0.05, 0) is 44.1 Å². The van der Waals surface area contributed by atoms with Gasteiger partial charge in [-0.25, -0.2) is 0 Å². The van der Waals surface area contributed by atoms with Crippen LogP contribution >= 0.6 is 0 Å². The molecular weight excluding hydrogens is 324 g/mol. The van der Waals surface area contributed by atoms with Gasteiger partial charge < -0.3 is 10.2 Å². The van der Waals surface area contributed by atoms with Crippen molar-refractivity contribution in [1.82, 2.24) is 10.2 Å². The van der Waals surface area contributed by atoms with Gasteiger partial charge in [-0.3, -0.25) is 9.59 Å². The van der Waals surface area contributed by atoms with E-state index in [0.717, 1.165) is 57.2 Å². The van der Waals surface area contributed by atoms with Gasteiger partial charge in [0.05, 0.1) is 5.41 Å². The molecule has 3 fully saturated rings. The van der Waals surface area contributed by atoms with Gasteiger partial charge in [-0.2, -0.15) is 0 Å². The van der Waals surface area contributed by atoms with E-state index in [1.807, 2.05) is 23.1 Å². The number of nitrogens with one attached hydrogen (secondary N) is 1. The van der Waals surface area contributed by atoms with E-state index in [0.29, 0.717) is 5.91 Å². The lowest BCUT2D eigenvalue weighted by atomic mass is 9.88. The number of hydrogen-bond acceptors (Lipinski definition) is 2. The van der Waals surface area contributed by atoms with E-state index in [-0.39, 0.29) is 23.3 Å². The van der Waals surface area contributed by atoms with Gasteiger partial charge >= 0.3 is 0 Å². The van der Waals surface area contributed by atoms with E-state index in [1.165, 1.54) is 19.3 Å². The Morgan fingerprint density at radius 3 is 2.19 bits per heavy atom. The molecule has 0 spiro atoms. The first-order chi connectivity index (χ1) is 12.7. The highest BCUT2D eigenvalue weighted by atomic mass is 16.2. The van der Waals surface area contributed by atoms with Gasteiger partial charge in [0.1, 0.15) is 0 Å². The second kappa shape index (κ2) is 7.42. The predicted molar refractivity (Wildman–Crippen MR) is 102 cm³/mol. The van der Waals surface area contributed by atoms with Crippen molar-refractivity contribution in [3.63, 3.8) is 0 Å². The average molecular weight is 354 g/mol. The number of piperidine rings is 1. The zero-order valence-electron chi connectivity index (χ0n) is 15.6. The Balaban J connectivity index is 1.30. The van der Waals surface area contributed by atoms with Crippen LogP contribution in [0, 0.1) is 5.92 Å². The molecule has 2 saturated carbocycles. The van der Waals surface area contributed by atoms with Crippen molar-refractivity contribution in [2.45, 2.75) is 69.2 Å². The summed E-state index contributed by atoms with van der Waals surface area (Å²) in [5.74, 6) is 0.759. The third-order valence-corrected chi connectivity index (χ3v) is 6.59. The van der Waals surface area contributed by atoms with Gasteiger partial charge in [-0.15, -0.1) is 0 Å². The van der Waals surface area contributed by atoms with Gasteiger partial charge in [0, 0.05) is 25.0 Å². The van der Waals surface area contributed by atoms with Crippen LogP contribution in [0.3, 0.4) is 0 Å². The second-order valence-corrected chi connectivity index (χ2v) is 8.36. The van der Waals surface area contributed by atoms with Crippen molar-refractivity contribution in [2.24, 2.45) is 5.92 Å². The molecule has 2 aliphatic carbocycles. The third kappa shape index (κ3) is 3.51. The third-order valence-electron chi connectivity index (χ3n) is 6.59. The molecule has 1 aromatic rings. The fraction of sp³-hybridized carbons (Fsp3) is 0.636. The van der Waals surface area contributed by atoms with Gasteiger partial charge in [0.2, 0.25) is 11.8 Å². The predicted octanol–water partition coefficient (Wildman–Crippen LogP) is 3.41. The summed E-state index contributed by atoms with van der Waals surface area (Å²) < 4.78 is 0. The summed E-state index contributed by atoms with van der Waals surface area (Å²) in [4.78, 5) is 27.6. The number of rotatable bonds is 4. The summed E-state index contributed by atoms with van der Waals surface area (Å²) >= 11 is 0. The van der Waals surface area contributed by atoms with Crippen LogP contribution in [0.15, 0.2) is 30.3 Å². The van der Waals surface area contributed by atoms with Gasteiger partial charge in [0.15, 0.2) is 0 Å². The van der Waals surface area contributed by atoms with Gasteiger partial charge in [-0.1, -0.05) is 49.6 Å². The zero-order chi connectivity index (χ0) is 18.0. The molecule has 2 amide bonds. The Bertz CT molecular complexity index is 639. The van der Waals surface area contributed by atoms with E-state index >= 15 is 0 Å². The minimum Gasteiger partial charge on any atom is -0.353 e. The number of carbonyl (C=O) groups excluding carboxylic acids is 2. The number of hydrogen-bond donors (Lipinski definition) is 1. The smallest absolute Gasteiger partial charge is 0.233 e. The quantitative estimate of drug-likeness (QED) is 0.901. The number of likely N-dealkylation sites (tertiary alicyclic amines) is 1. The summed E-state index contributed by atoms with van der Waals surface area (Å²) in [5, 5.41) is 3.26. The highest BCUT2D eigenvalue weighted by Gasteiger charge is 2.53. The van der Waals surface area contributed by atoms with Crippen molar-refractivity contribution in [3.8, 4) is 0 Å². The van der Waals surface area contributed by atoms with Crippen LogP contribution in [0.1, 0.15) is 63.4 Å². The highest BCUT2D eigenvalue weighted by molar-refractivity contribution is 5.91. The first-order valence-corrected chi connectivity index (χ1v) is 10.3. The summed E-state index contributed by atoms with van der Waals surface area (Å²) in [6, 6.07) is 10.5. The molecule has 1 heterocycles. The SMILES string of the molecule is O=C(NC1CCN(C(=O)C2(c3ccccc3)CC2)CC1)C1CCCCC1. The van der Waals surface area contributed by atoms with Gasteiger partial charge in [0.25, 0.3) is 0 Å². The Hall–Kier alpha value is -1.84. The molecule has 4 nitrogen and oxygen atoms in total. The van der Waals surface area contributed by atoms with Crippen LogP contribution in [-0.4, -0.2) is 35.8 Å². The Morgan fingerprint density at radius 1 is 0.923 bits per heavy atom. The molecule has 3 aliphatic rings. The lowest BCUT2D eigenvalue weighted by molar-refractivity contribution is -0.135. The topological polar surface area (TPSA) is 49.4 Å². The van der Waals surface area contributed by atoms with E-state index in [2.05, 4.69) is 17.4 Å². The molecule has 1 N–H and O–H groups in total. The van der Waals surface area contributed by atoms with Crippen LogP contribution in [0.2, 0.25) is 0 Å². The summed E-state index contributed by atoms with van der Waals surface area (Å²) in [6.07, 6.45) is 9.44. The Labute approximate surface area is 156 Å². The molecule has 0 aromatic heterocycles. The molecule has 0 radical (unpaired) electrons.